The van der Waals surface area contributed by atoms with Crippen molar-refractivity contribution in [1.29, 1.82) is 0 Å². The Kier molecular flexibility index (Phi) is 8.55. The van der Waals surface area contributed by atoms with Gasteiger partial charge in [-0.3, -0.25) is 14.3 Å². The first-order chi connectivity index (χ1) is 18.0. The van der Waals surface area contributed by atoms with Crippen molar-refractivity contribution in [3.05, 3.63) is 34.6 Å². The fraction of sp³-hybridized carbons (Fsp3) is 0.724. The summed E-state index contributed by atoms with van der Waals surface area (Å²) in [6, 6.07) is 9.39. The molecule has 37 heavy (non-hydrogen) atoms. The summed E-state index contributed by atoms with van der Waals surface area (Å²) in [7, 11) is -3.83. The molecule has 3 heterocycles. The third-order valence-electron chi connectivity index (χ3n) is 8.97. The van der Waals surface area contributed by atoms with Gasteiger partial charge in [-0.05, 0) is 70.4 Å². The van der Waals surface area contributed by atoms with Crippen molar-refractivity contribution in [3.8, 4) is 0 Å². The minimum atomic E-state index is -3.83. The Labute approximate surface area is 221 Å². The van der Waals surface area contributed by atoms with E-state index in [2.05, 4.69) is 16.8 Å². The first-order valence-electron chi connectivity index (χ1n) is 14.6. The van der Waals surface area contributed by atoms with Crippen LogP contribution in [0.2, 0.25) is 0 Å². The molecule has 3 fully saturated rings. The zero-order valence-electron chi connectivity index (χ0n) is 22.8. The van der Waals surface area contributed by atoms with E-state index in [1.807, 2.05) is 28.8 Å². The fourth-order valence-corrected chi connectivity index (χ4v) is 8.91. The largest absolute Gasteiger partial charge is 0.385 e. The Hall–Kier alpha value is -1.53. The average Bonchev–Trinajstić information content (AvgIpc) is 2.86. The fourth-order valence-electron chi connectivity index (χ4n) is 7.34. The molecule has 2 aromatic rings. The summed E-state index contributed by atoms with van der Waals surface area (Å²) in [6.45, 7) is 6.30. The second-order valence-electron chi connectivity index (χ2n) is 11.3. The van der Waals surface area contributed by atoms with E-state index in [1.54, 1.807) is 13.8 Å². The molecule has 0 amide bonds. The molecule has 0 spiro atoms. The third-order valence-corrected chi connectivity index (χ3v) is 11.0. The second-order valence-corrected chi connectivity index (χ2v) is 13.2. The molecule has 0 radical (unpaired) electrons. The van der Waals surface area contributed by atoms with Crippen LogP contribution in [-0.4, -0.2) is 45.8 Å². The summed E-state index contributed by atoms with van der Waals surface area (Å²) in [6.07, 6.45) is 13.7. The first-order valence-corrected chi connectivity index (χ1v) is 16.2. The van der Waals surface area contributed by atoms with Crippen molar-refractivity contribution in [2.75, 3.05) is 13.2 Å². The molecule has 8 heteroatoms. The van der Waals surface area contributed by atoms with E-state index in [-0.39, 0.29) is 30.2 Å². The highest BCUT2D eigenvalue weighted by molar-refractivity contribution is 7.61. The van der Waals surface area contributed by atoms with Crippen molar-refractivity contribution in [3.63, 3.8) is 0 Å². The molecule has 2 bridgehead atoms. The third kappa shape index (κ3) is 5.34. The number of hydrogen-bond donors (Lipinski definition) is 0. The molecule has 5 rings (SSSR count). The number of fused-ring (bicyclic) bond motifs is 3. The molecule has 1 aromatic heterocycles. The van der Waals surface area contributed by atoms with Crippen LogP contribution in [0, 0.1) is 5.92 Å². The van der Waals surface area contributed by atoms with Crippen molar-refractivity contribution < 1.29 is 13.6 Å². The zero-order chi connectivity index (χ0) is 26.0. The predicted octanol–water partition coefficient (Wildman–Crippen LogP) is 6.20. The quantitative estimate of drug-likeness (QED) is 0.398. The Morgan fingerprint density at radius 3 is 2.27 bits per heavy atom. The molecule has 204 valence electrons. The number of para-hydroxylation sites is 2. The Bertz CT molecular complexity index is 1170. The SMILES string of the molecule is CCOP(=O)(OCC)c1nc2ccccc2n([C@@H]2C[C@@H]3CC[C@@H](C)[C@H](C2)N3C2CCCCCCC2)c1=O. The van der Waals surface area contributed by atoms with Crippen LogP contribution in [0.1, 0.15) is 97.4 Å². The molecule has 1 saturated carbocycles. The molecule has 0 unspecified atom stereocenters. The molecular formula is C29H44N3O4P. The van der Waals surface area contributed by atoms with E-state index < -0.39 is 7.60 Å². The number of rotatable bonds is 7. The lowest BCUT2D eigenvalue weighted by molar-refractivity contribution is -0.0498. The van der Waals surface area contributed by atoms with E-state index in [4.69, 9.17) is 9.05 Å². The molecule has 4 atom stereocenters. The van der Waals surface area contributed by atoms with Crippen molar-refractivity contribution >= 4 is 24.1 Å². The molecule has 0 N–H and O–H groups in total. The predicted molar refractivity (Wildman–Crippen MR) is 149 cm³/mol. The number of piperidine rings is 2. The van der Waals surface area contributed by atoms with E-state index in [9.17, 15) is 9.36 Å². The van der Waals surface area contributed by atoms with Gasteiger partial charge in [0.2, 0.25) is 5.44 Å². The summed E-state index contributed by atoms with van der Waals surface area (Å²) >= 11 is 0. The Morgan fingerprint density at radius 1 is 0.892 bits per heavy atom. The normalized spacial score (nSPS) is 28.2. The smallest absolute Gasteiger partial charge is 0.304 e. The molecule has 2 aliphatic heterocycles. The lowest BCUT2D eigenvalue weighted by Crippen LogP contribution is -2.60. The number of hydrogen-bond acceptors (Lipinski definition) is 6. The maximum atomic E-state index is 14.1. The summed E-state index contributed by atoms with van der Waals surface area (Å²) < 4.78 is 26.8. The van der Waals surface area contributed by atoms with Gasteiger partial charge in [0.1, 0.15) is 0 Å². The first kappa shape index (κ1) is 27.1. The van der Waals surface area contributed by atoms with Crippen molar-refractivity contribution in [1.82, 2.24) is 14.5 Å². The summed E-state index contributed by atoms with van der Waals surface area (Å²) in [5, 5.41) is 0. The molecule has 1 aliphatic carbocycles. The number of benzene rings is 1. The lowest BCUT2D eigenvalue weighted by Gasteiger charge is -2.55. The van der Waals surface area contributed by atoms with Crippen LogP contribution in [0.25, 0.3) is 11.0 Å². The van der Waals surface area contributed by atoms with Gasteiger partial charge in [0.25, 0.3) is 5.56 Å². The van der Waals surface area contributed by atoms with Gasteiger partial charge in [-0.1, -0.05) is 51.2 Å². The van der Waals surface area contributed by atoms with Crippen LogP contribution in [0.5, 0.6) is 0 Å². The summed E-state index contributed by atoms with van der Waals surface area (Å²) in [5.74, 6) is 0.603. The van der Waals surface area contributed by atoms with Gasteiger partial charge in [0.05, 0.1) is 24.2 Å². The number of nitrogens with zero attached hydrogens (tertiary/aromatic N) is 3. The van der Waals surface area contributed by atoms with Crippen LogP contribution < -0.4 is 11.0 Å². The highest BCUT2D eigenvalue weighted by Gasteiger charge is 2.46. The second kappa shape index (κ2) is 11.7. The average molecular weight is 530 g/mol. The summed E-state index contributed by atoms with van der Waals surface area (Å²) in [5.41, 5.74) is 1.08. The minimum absolute atomic E-state index is 0.0402. The standard InChI is InChI=1S/C29H44N3O4P/c1-4-35-37(34,36-5-2)28-29(33)32(26-16-12-11-15-25(26)30-28)24-19-23-18-17-21(3)27(20-24)31(23)22-13-9-7-6-8-10-14-22/h11-12,15-16,21-24,27H,4-10,13-14,17-20H2,1-3H3/t21-,23+,24-,27+/m1/s1. The van der Waals surface area contributed by atoms with E-state index in [1.165, 1.54) is 57.8 Å². The highest BCUT2D eigenvalue weighted by Crippen LogP contribution is 2.47. The van der Waals surface area contributed by atoms with Crippen LogP contribution in [0.15, 0.2) is 29.1 Å². The molecule has 7 nitrogen and oxygen atoms in total. The monoisotopic (exact) mass is 529 g/mol. The van der Waals surface area contributed by atoms with Crippen LogP contribution in [0.3, 0.4) is 0 Å². The zero-order valence-corrected chi connectivity index (χ0v) is 23.7. The van der Waals surface area contributed by atoms with Gasteiger partial charge >= 0.3 is 7.60 Å². The van der Waals surface area contributed by atoms with Gasteiger partial charge in [-0.15, -0.1) is 0 Å². The van der Waals surface area contributed by atoms with E-state index >= 15 is 0 Å². The van der Waals surface area contributed by atoms with Crippen LogP contribution >= 0.6 is 7.60 Å². The molecule has 1 aromatic carbocycles. The molecule has 2 saturated heterocycles. The van der Waals surface area contributed by atoms with E-state index in [0.717, 1.165) is 18.4 Å². The van der Waals surface area contributed by atoms with Gasteiger partial charge in [0.15, 0.2) is 0 Å². The van der Waals surface area contributed by atoms with Crippen LogP contribution in [-0.2, 0) is 13.6 Å². The van der Waals surface area contributed by atoms with Gasteiger partial charge < -0.3 is 13.6 Å². The minimum Gasteiger partial charge on any atom is -0.304 e. The summed E-state index contributed by atoms with van der Waals surface area (Å²) in [4.78, 5) is 21.6. The Morgan fingerprint density at radius 2 is 1.57 bits per heavy atom. The maximum Gasteiger partial charge on any atom is 0.385 e. The highest BCUT2D eigenvalue weighted by atomic mass is 31.2. The van der Waals surface area contributed by atoms with Crippen molar-refractivity contribution in [2.45, 2.75) is 116 Å². The van der Waals surface area contributed by atoms with Crippen LogP contribution in [0.4, 0.5) is 0 Å². The Balaban J connectivity index is 1.56. The van der Waals surface area contributed by atoms with Crippen molar-refractivity contribution in [2.24, 2.45) is 5.92 Å². The number of aromatic nitrogens is 2. The maximum absolute atomic E-state index is 14.1. The molecular weight excluding hydrogens is 485 g/mol. The van der Waals surface area contributed by atoms with Gasteiger partial charge in [-0.2, -0.15) is 0 Å². The molecule has 3 aliphatic rings. The van der Waals surface area contributed by atoms with E-state index in [0.29, 0.717) is 29.6 Å². The lowest BCUT2D eigenvalue weighted by atomic mass is 9.74. The topological polar surface area (TPSA) is 73.7 Å². The van der Waals surface area contributed by atoms with Gasteiger partial charge in [0, 0.05) is 24.2 Å². The van der Waals surface area contributed by atoms with Gasteiger partial charge in [-0.25, -0.2) is 4.98 Å².